The second-order valence-corrected chi connectivity index (χ2v) is 5.10. The highest BCUT2D eigenvalue weighted by atomic mass is 32.2. The number of ether oxygens (including phenoxy) is 2. The molecular weight excluding hydrogens is 254 g/mol. The fourth-order valence-corrected chi connectivity index (χ4v) is 1.96. The van der Waals surface area contributed by atoms with Crippen molar-refractivity contribution in [2.24, 2.45) is 5.73 Å². The maximum absolute atomic E-state index is 10.9. The minimum Gasteiger partial charge on any atom is -0.772 e. The molecule has 0 fully saturated rings. The molecule has 18 heavy (non-hydrogen) atoms. The van der Waals surface area contributed by atoms with Crippen LogP contribution in [-0.4, -0.2) is 27.7 Å². The fraction of sp³-hybridized carbons (Fsp3) is 0.500. The summed E-state index contributed by atoms with van der Waals surface area (Å²) in [6.45, 7) is 3.93. The second-order valence-electron chi connectivity index (χ2n) is 3.83. The van der Waals surface area contributed by atoms with Crippen LogP contribution in [0.25, 0.3) is 0 Å². The quantitative estimate of drug-likeness (QED) is 0.790. The molecule has 0 heterocycles. The summed E-state index contributed by atoms with van der Waals surface area (Å²) >= 11 is -2.21. The molecule has 1 aromatic carbocycles. The maximum Gasteiger partial charge on any atom is 0.161 e. The molecule has 0 amide bonds. The summed E-state index contributed by atoms with van der Waals surface area (Å²) in [7, 11) is 1.55. The monoisotopic (exact) mass is 272 g/mol. The first-order chi connectivity index (χ1) is 8.51. The Morgan fingerprint density at radius 3 is 2.61 bits per heavy atom. The number of benzene rings is 1. The van der Waals surface area contributed by atoms with Crippen LogP contribution < -0.4 is 15.2 Å². The largest absolute Gasteiger partial charge is 0.772 e. The van der Waals surface area contributed by atoms with Crippen LogP contribution in [0.3, 0.4) is 0 Å². The van der Waals surface area contributed by atoms with Crippen molar-refractivity contribution in [3.05, 3.63) is 23.8 Å². The van der Waals surface area contributed by atoms with E-state index in [0.29, 0.717) is 23.7 Å². The standard InChI is InChI=1S/C12H19NO4S/c1-4-17-11-7-9(5-6-10(11)16-3)12(13)8(2)18(14)15/h5-8,12H,4,13H2,1-3H3,(H,14,15)/p-1/t8?,12-/m1/s1. The third-order valence-electron chi connectivity index (χ3n) is 2.68. The van der Waals surface area contributed by atoms with Crippen LogP contribution in [0.15, 0.2) is 18.2 Å². The maximum atomic E-state index is 10.9. The molecule has 0 saturated carbocycles. The molecule has 102 valence electrons. The van der Waals surface area contributed by atoms with Gasteiger partial charge in [-0.2, -0.15) is 0 Å². The second kappa shape index (κ2) is 6.72. The zero-order chi connectivity index (χ0) is 13.7. The Morgan fingerprint density at radius 1 is 1.44 bits per heavy atom. The van der Waals surface area contributed by atoms with Crippen LogP contribution in [0.5, 0.6) is 11.5 Å². The third kappa shape index (κ3) is 3.44. The highest BCUT2D eigenvalue weighted by Crippen LogP contribution is 2.31. The molecular formula is C12H18NO4S-. The molecule has 0 aromatic heterocycles. The molecule has 0 saturated heterocycles. The minimum absolute atomic E-state index is 0.498. The Morgan fingerprint density at radius 2 is 2.11 bits per heavy atom. The highest BCUT2D eigenvalue weighted by molar-refractivity contribution is 7.79. The summed E-state index contributed by atoms with van der Waals surface area (Å²) in [5, 5.41) is -0.659. The summed E-state index contributed by atoms with van der Waals surface area (Å²) in [5.41, 5.74) is 6.61. The summed E-state index contributed by atoms with van der Waals surface area (Å²) in [6, 6.07) is 4.60. The van der Waals surface area contributed by atoms with Gasteiger partial charge < -0.3 is 19.8 Å². The number of nitrogens with two attached hydrogens (primary N) is 1. The Bertz CT molecular complexity index is 425. The molecule has 0 aliphatic heterocycles. The van der Waals surface area contributed by atoms with E-state index >= 15 is 0 Å². The summed E-state index contributed by atoms with van der Waals surface area (Å²) < 4.78 is 32.4. The molecule has 2 unspecified atom stereocenters. The average Bonchev–Trinajstić information content (AvgIpc) is 2.37. The smallest absolute Gasteiger partial charge is 0.161 e. The molecule has 1 aromatic rings. The number of hydrogen-bond donors (Lipinski definition) is 1. The Hall–Kier alpha value is -1.11. The van der Waals surface area contributed by atoms with E-state index in [2.05, 4.69) is 0 Å². The topological polar surface area (TPSA) is 84.6 Å². The third-order valence-corrected chi connectivity index (χ3v) is 3.58. The lowest BCUT2D eigenvalue weighted by Gasteiger charge is -2.23. The summed E-state index contributed by atoms with van der Waals surface area (Å²) in [5.74, 6) is 1.17. The van der Waals surface area contributed by atoms with Crippen LogP contribution in [0, 0.1) is 0 Å². The molecule has 0 bridgehead atoms. The Balaban J connectivity index is 3.03. The van der Waals surface area contributed by atoms with E-state index in [-0.39, 0.29) is 0 Å². The van der Waals surface area contributed by atoms with Gasteiger partial charge in [-0.15, -0.1) is 0 Å². The van der Waals surface area contributed by atoms with Crippen molar-refractivity contribution in [1.29, 1.82) is 0 Å². The van der Waals surface area contributed by atoms with Crippen LogP contribution in [0.4, 0.5) is 0 Å². The lowest BCUT2D eigenvalue weighted by molar-refractivity contribution is 0.310. The minimum atomic E-state index is -2.21. The van der Waals surface area contributed by atoms with Gasteiger partial charge in [0.05, 0.1) is 13.7 Å². The molecule has 0 aliphatic carbocycles. The molecule has 1 rings (SSSR count). The van der Waals surface area contributed by atoms with Crippen molar-refractivity contribution in [3.63, 3.8) is 0 Å². The van der Waals surface area contributed by atoms with Gasteiger partial charge in [0.2, 0.25) is 0 Å². The molecule has 3 atom stereocenters. The highest BCUT2D eigenvalue weighted by Gasteiger charge is 2.17. The van der Waals surface area contributed by atoms with Gasteiger partial charge in [-0.3, -0.25) is 4.21 Å². The van der Waals surface area contributed by atoms with Crippen molar-refractivity contribution < 1.29 is 18.2 Å². The number of rotatable bonds is 6. The summed E-state index contributed by atoms with van der Waals surface area (Å²) in [4.78, 5) is 0. The van der Waals surface area contributed by atoms with Gasteiger partial charge in [-0.1, -0.05) is 24.1 Å². The van der Waals surface area contributed by atoms with Crippen LogP contribution in [-0.2, 0) is 11.1 Å². The Labute approximate surface area is 110 Å². The van der Waals surface area contributed by atoms with Crippen LogP contribution in [0.2, 0.25) is 0 Å². The summed E-state index contributed by atoms with van der Waals surface area (Å²) in [6.07, 6.45) is 0. The first-order valence-electron chi connectivity index (χ1n) is 5.65. The normalized spacial score (nSPS) is 15.8. The van der Waals surface area contributed by atoms with Gasteiger partial charge in [-0.05, 0) is 24.6 Å². The molecule has 0 radical (unpaired) electrons. The van der Waals surface area contributed by atoms with Crippen LogP contribution in [0.1, 0.15) is 25.5 Å². The van der Waals surface area contributed by atoms with E-state index in [1.54, 1.807) is 32.2 Å². The number of methoxy groups -OCH3 is 1. The first-order valence-corrected chi connectivity index (χ1v) is 6.79. The molecule has 6 heteroatoms. The van der Waals surface area contributed by atoms with E-state index in [1.165, 1.54) is 0 Å². The first kappa shape index (κ1) is 14.9. The van der Waals surface area contributed by atoms with Crippen molar-refractivity contribution in [1.82, 2.24) is 0 Å². The van der Waals surface area contributed by atoms with Crippen molar-refractivity contribution in [2.45, 2.75) is 25.1 Å². The van der Waals surface area contributed by atoms with Crippen LogP contribution >= 0.6 is 0 Å². The van der Waals surface area contributed by atoms with E-state index in [4.69, 9.17) is 15.2 Å². The fourth-order valence-electron chi connectivity index (χ4n) is 1.56. The van der Waals surface area contributed by atoms with E-state index in [0.717, 1.165) is 0 Å². The van der Waals surface area contributed by atoms with Gasteiger partial charge in [0.25, 0.3) is 0 Å². The molecule has 0 aliphatic rings. The van der Waals surface area contributed by atoms with Gasteiger partial charge in [-0.25, -0.2) is 0 Å². The number of hydrogen-bond acceptors (Lipinski definition) is 5. The van der Waals surface area contributed by atoms with Gasteiger partial charge in [0.15, 0.2) is 11.5 Å². The van der Waals surface area contributed by atoms with E-state index < -0.39 is 22.4 Å². The lowest BCUT2D eigenvalue weighted by atomic mass is 10.0. The van der Waals surface area contributed by atoms with Gasteiger partial charge in [0, 0.05) is 11.3 Å². The molecule has 0 spiro atoms. The van der Waals surface area contributed by atoms with E-state index in [1.807, 2.05) is 6.92 Å². The zero-order valence-electron chi connectivity index (χ0n) is 10.7. The van der Waals surface area contributed by atoms with Crippen molar-refractivity contribution >= 4 is 11.1 Å². The van der Waals surface area contributed by atoms with Gasteiger partial charge >= 0.3 is 0 Å². The average molecular weight is 272 g/mol. The zero-order valence-corrected chi connectivity index (χ0v) is 11.5. The Kier molecular flexibility index (Phi) is 5.58. The van der Waals surface area contributed by atoms with Crippen molar-refractivity contribution in [2.75, 3.05) is 13.7 Å². The van der Waals surface area contributed by atoms with Crippen molar-refractivity contribution in [3.8, 4) is 11.5 Å². The van der Waals surface area contributed by atoms with Gasteiger partial charge in [0.1, 0.15) is 0 Å². The predicted octanol–water partition coefficient (Wildman–Crippen LogP) is 1.36. The molecule has 5 nitrogen and oxygen atoms in total. The van der Waals surface area contributed by atoms with E-state index in [9.17, 15) is 8.76 Å². The predicted molar refractivity (Wildman–Crippen MR) is 69.5 cm³/mol. The SMILES string of the molecule is CCOc1cc([C@H](N)C(C)S(=O)[O-])ccc1OC. The lowest BCUT2D eigenvalue weighted by Crippen LogP contribution is -2.27. The molecule has 2 N–H and O–H groups in total.